The lowest BCUT2D eigenvalue weighted by Crippen LogP contribution is -2.41. The maximum atomic E-state index is 4.20. The van der Waals surface area contributed by atoms with Gasteiger partial charge in [0.15, 0.2) is 0 Å². The SMILES string of the molecule is C=CCCC1=C(C2CC2CC(=C)CCC)NC1C. The van der Waals surface area contributed by atoms with Crippen LogP contribution in [0, 0.1) is 11.8 Å². The van der Waals surface area contributed by atoms with E-state index in [1.54, 1.807) is 11.3 Å². The van der Waals surface area contributed by atoms with Crippen LogP contribution >= 0.6 is 0 Å². The molecule has 0 saturated heterocycles. The zero-order chi connectivity index (χ0) is 13.1. The fraction of sp³-hybridized carbons (Fsp3) is 0.647. The minimum atomic E-state index is 0.597. The second-order valence-electron chi connectivity index (χ2n) is 5.94. The molecule has 2 aliphatic rings. The highest BCUT2D eigenvalue weighted by Crippen LogP contribution is 2.51. The van der Waals surface area contributed by atoms with E-state index in [9.17, 15) is 0 Å². The van der Waals surface area contributed by atoms with E-state index in [2.05, 4.69) is 32.3 Å². The van der Waals surface area contributed by atoms with Crippen molar-refractivity contribution in [2.75, 3.05) is 0 Å². The minimum absolute atomic E-state index is 0.597. The Hall–Kier alpha value is -0.980. The first-order valence-corrected chi connectivity index (χ1v) is 7.44. The number of nitrogens with one attached hydrogen (secondary N) is 1. The molecule has 2 rings (SSSR count). The van der Waals surface area contributed by atoms with Gasteiger partial charge in [-0.25, -0.2) is 0 Å². The topological polar surface area (TPSA) is 12.0 Å². The van der Waals surface area contributed by atoms with Gasteiger partial charge < -0.3 is 5.32 Å². The lowest BCUT2D eigenvalue weighted by atomic mass is 9.90. The number of hydrogen-bond donors (Lipinski definition) is 1. The van der Waals surface area contributed by atoms with Crippen molar-refractivity contribution >= 4 is 0 Å². The number of allylic oxidation sites excluding steroid dienone is 3. The van der Waals surface area contributed by atoms with Crippen LogP contribution < -0.4 is 5.32 Å². The van der Waals surface area contributed by atoms with Gasteiger partial charge in [-0.2, -0.15) is 0 Å². The van der Waals surface area contributed by atoms with Crippen LogP contribution in [0.5, 0.6) is 0 Å². The second-order valence-corrected chi connectivity index (χ2v) is 5.94. The van der Waals surface area contributed by atoms with Gasteiger partial charge in [0.05, 0.1) is 0 Å². The molecule has 100 valence electrons. The van der Waals surface area contributed by atoms with Crippen LogP contribution in [0.25, 0.3) is 0 Å². The first-order valence-electron chi connectivity index (χ1n) is 7.44. The molecule has 1 saturated carbocycles. The van der Waals surface area contributed by atoms with Crippen LogP contribution in [-0.4, -0.2) is 6.04 Å². The summed E-state index contributed by atoms with van der Waals surface area (Å²) in [4.78, 5) is 0. The van der Waals surface area contributed by atoms with Gasteiger partial charge >= 0.3 is 0 Å². The van der Waals surface area contributed by atoms with E-state index >= 15 is 0 Å². The van der Waals surface area contributed by atoms with Crippen molar-refractivity contribution in [3.8, 4) is 0 Å². The summed E-state index contributed by atoms with van der Waals surface area (Å²) < 4.78 is 0. The summed E-state index contributed by atoms with van der Waals surface area (Å²) in [5.41, 5.74) is 4.67. The molecular weight excluding hydrogens is 218 g/mol. The molecule has 0 bridgehead atoms. The normalized spacial score (nSPS) is 29.6. The smallest absolute Gasteiger partial charge is 0.0462 e. The van der Waals surface area contributed by atoms with Crippen molar-refractivity contribution in [2.45, 2.75) is 58.4 Å². The van der Waals surface area contributed by atoms with Gasteiger partial charge in [0.1, 0.15) is 0 Å². The lowest BCUT2D eigenvalue weighted by molar-refractivity contribution is 0.517. The Bertz CT molecular complexity index is 364. The molecule has 0 amide bonds. The largest absolute Gasteiger partial charge is 0.382 e. The lowest BCUT2D eigenvalue weighted by Gasteiger charge is -2.34. The highest BCUT2D eigenvalue weighted by Gasteiger charge is 2.44. The quantitative estimate of drug-likeness (QED) is 0.617. The van der Waals surface area contributed by atoms with E-state index in [1.165, 1.54) is 37.7 Å². The van der Waals surface area contributed by atoms with Crippen molar-refractivity contribution in [3.05, 3.63) is 36.1 Å². The Kier molecular flexibility index (Phi) is 4.31. The summed E-state index contributed by atoms with van der Waals surface area (Å²) >= 11 is 0. The van der Waals surface area contributed by atoms with Gasteiger partial charge in [-0.05, 0) is 50.5 Å². The van der Waals surface area contributed by atoms with E-state index in [0.717, 1.165) is 18.3 Å². The average molecular weight is 245 g/mol. The zero-order valence-corrected chi connectivity index (χ0v) is 12.0. The Labute approximate surface area is 112 Å². The highest BCUT2D eigenvalue weighted by atomic mass is 15.0. The average Bonchev–Trinajstić information content (AvgIpc) is 3.05. The summed E-state index contributed by atoms with van der Waals surface area (Å²) in [5.74, 6) is 1.69. The number of hydrogen-bond acceptors (Lipinski definition) is 1. The third kappa shape index (κ3) is 2.88. The third-order valence-corrected chi connectivity index (χ3v) is 4.31. The molecular formula is C17H27N. The molecule has 1 nitrogen and oxygen atoms in total. The molecule has 3 unspecified atom stereocenters. The van der Waals surface area contributed by atoms with Crippen LogP contribution in [0.15, 0.2) is 36.1 Å². The third-order valence-electron chi connectivity index (χ3n) is 4.31. The fourth-order valence-electron chi connectivity index (χ4n) is 3.18. The molecule has 0 aromatic rings. The van der Waals surface area contributed by atoms with Crippen molar-refractivity contribution in [1.29, 1.82) is 0 Å². The predicted octanol–water partition coefficient (Wildman–Crippen LogP) is 4.58. The van der Waals surface area contributed by atoms with E-state index in [1.807, 2.05) is 6.08 Å². The van der Waals surface area contributed by atoms with Crippen LogP contribution in [0.2, 0.25) is 0 Å². The minimum Gasteiger partial charge on any atom is -0.382 e. The molecule has 0 spiro atoms. The first kappa shape index (κ1) is 13.5. The maximum Gasteiger partial charge on any atom is 0.0462 e. The summed E-state index contributed by atoms with van der Waals surface area (Å²) in [6.07, 6.45) is 9.40. The van der Waals surface area contributed by atoms with E-state index in [4.69, 9.17) is 0 Å². The summed E-state index contributed by atoms with van der Waals surface area (Å²) in [7, 11) is 0. The van der Waals surface area contributed by atoms with Crippen molar-refractivity contribution < 1.29 is 0 Å². The van der Waals surface area contributed by atoms with E-state index in [-0.39, 0.29) is 0 Å². The van der Waals surface area contributed by atoms with Gasteiger partial charge in [0.25, 0.3) is 0 Å². The van der Waals surface area contributed by atoms with Crippen LogP contribution in [0.4, 0.5) is 0 Å². The summed E-state index contributed by atoms with van der Waals surface area (Å²) in [6.45, 7) is 12.5. The molecule has 0 aromatic heterocycles. The second kappa shape index (κ2) is 5.77. The molecule has 1 heterocycles. The molecule has 1 N–H and O–H groups in total. The summed E-state index contributed by atoms with van der Waals surface area (Å²) in [5, 5.41) is 3.61. The molecule has 18 heavy (non-hydrogen) atoms. The Morgan fingerprint density at radius 2 is 2.28 bits per heavy atom. The standard InChI is InChI=1S/C17H27N/c1-5-7-9-15-13(4)18-17(15)16-11-14(16)10-12(3)8-6-2/h5,13-14,16,18H,1,3,6-11H2,2,4H3. The van der Waals surface area contributed by atoms with E-state index in [0.29, 0.717) is 6.04 Å². The Morgan fingerprint density at radius 3 is 2.89 bits per heavy atom. The van der Waals surface area contributed by atoms with Crippen molar-refractivity contribution in [2.24, 2.45) is 11.8 Å². The fourth-order valence-corrected chi connectivity index (χ4v) is 3.18. The zero-order valence-electron chi connectivity index (χ0n) is 12.0. The summed E-state index contributed by atoms with van der Waals surface area (Å²) in [6, 6.07) is 0.597. The van der Waals surface area contributed by atoms with Crippen LogP contribution in [0.1, 0.15) is 52.4 Å². The molecule has 1 aliphatic heterocycles. The van der Waals surface area contributed by atoms with Gasteiger partial charge in [-0.1, -0.05) is 31.6 Å². The molecule has 1 aliphatic carbocycles. The van der Waals surface area contributed by atoms with Crippen LogP contribution in [-0.2, 0) is 0 Å². The van der Waals surface area contributed by atoms with Crippen LogP contribution in [0.3, 0.4) is 0 Å². The van der Waals surface area contributed by atoms with E-state index < -0.39 is 0 Å². The monoisotopic (exact) mass is 245 g/mol. The maximum absolute atomic E-state index is 4.20. The van der Waals surface area contributed by atoms with Gasteiger partial charge in [-0.3, -0.25) is 0 Å². The number of rotatable bonds is 8. The van der Waals surface area contributed by atoms with Crippen molar-refractivity contribution in [1.82, 2.24) is 5.32 Å². The Morgan fingerprint density at radius 1 is 1.50 bits per heavy atom. The molecule has 0 radical (unpaired) electrons. The molecule has 3 atom stereocenters. The van der Waals surface area contributed by atoms with Crippen molar-refractivity contribution in [3.63, 3.8) is 0 Å². The predicted molar refractivity (Wildman–Crippen MR) is 79.3 cm³/mol. The van der Waals surface area contributed by atoms with Gasteiger partial charge in [0.2, 0.25) is 0 Å². The first-order chi connectivity index (χ1) is 8.67. The highest BCUT2D eigenvalue weighted by molar-refractivity contribution is 5.34. The Balaban J connectivity index is 1.85. The molecule has 0 aromatic carbocycles. The molecule has 1 heteroatoms. The molecule has 1 fully saturated rings. The van der Waals surface area contributed by atoms with Gasteiger partial charge in [0, 0.05) is 17.7 Å². The van der Waals surface area contributed by atoms with Gasteiger partial charge in [-0.15, -0.1) is 6.58 Å².